The second kappa shape index (κ2) is 6.51. The lowest BCUT2D eigenvalue weighted by Crippen LogP contribution is -2.14. The summed E-state index contributed by atoms with van der Waals surface area (Å²) in [5.74, 6) is 1.07. The average Bonchev–Trinajstić information content (AvgIpc) is 2.99. The molecule has 0 aromatic carbocycles. The van der Waals surface area contributed by atoms with Crippen molar-refractivity contribution in [2.24, 2.45) is 0 Å². The summed E-state index contributed by atoms with van der Waals surface area (Å²) >= 11 is 1.80. The molecule has 0 bridgehead atoms. The number of aryl methyl sites for hydroxylation is 2. The first-order valence-electron chi connectivity index (χ1n) is 6.01. The molecule has 4 nitrogen and oxygen atoms in total. The van der Waals surface area contributed by atoms with E-state index in [0.717, 1.165) is 38.2 Å². The number of aromatic nitrogens is 3. The average molecular weight is 250 g/mol. The summed E-state index contributed by atoms with van der Waals surface area (Å²) < 4.78 is 0. The zero-order chi connectivity index (χ0) is 11.9. The standard InChI is InChI=1S/C12H18N4S/c1-2-12-16-9-10(17-12)8-13-5-3-4-11-14-6-7-15-11/h6-7,9,13H,2-5,8H2,1H3,(H,14,15). The van der Waals surface area contributed by atoms with Crippen LogP contribution in [0.3, 0.4) is 0 Å². The first-order chi connectivity index (χ1) is 8.38. The van der Waals surface area contributed by atoms with Crippen molar-refractivity contribution in [2.75, 3.05) is 6.54 Å². The zero-order valence-electron chi connectivity index (χ0n) is 10.1. The first-order valence-corrected chi connectivity index (χ1v) is 6.82. The fourth-order valence-electron chi connectivity index (χ4n) is 1.62. The molecule has 0 aliphatic carbocycles. The Morgan fingerprint density at radius 3 is 3.06 bits per heavy atom. The lowest BCUT2D eigenvalue weighted by Gasteiger charge is -2.01. The lowest BCUT2D eigenvalue weighted by atomic mass is 10.3. The maximum Gasteiger partial charge on any atom is 0.106 e. The van der Waals surface area contributed by atoms with Crippen molar-refractivity contribution in [2.45, 2.75) is 32.7 Å². The van der Waals surface area contributed by atoms with Crippen molar-refractivity contribution in [1.82, 2.24) is 20.3 Å². The number of H-pyrrole nitrogens is 1. The fraction of sp³-hybridized carbons (Fsp3) is 0.500. The van der Waals surface area contributed by atoms with Crippen LogP contribution in [0.2, 0.25) is 0 Å². The normalized spacial score (nSPS) is 10.9. The predicted octanol–water partition coefficient (Wildman–Crippen LogP) is 2.15. The minimum absolute atomic E-state index is 0.926. The smallest absolute Gasteiger partial charge is 0.106 e. The van der Waals surface area contributed by atoms with Gasteiger partial charge in [0, 0.05) is 36.4 Å². The summed E-state index contributed by atoms with van der Waals surface area (Å²) in [6.45, 7) is 4.08. The van der Waals surface area contributed by atoms with Gasteiger partial charge < -0.3 is 10.3 Å². The molecule has 5 heteroatoms. The Bertz CT molecular complexity index is 421. The van der Waals surface area contributed by atoms with Crippen LogP contribution in [-0.2, 0) is 19.4 Å². The van der Waals surface area contributed by atoms with E-state index < -0.39 is 0 Å². The third-order valence-corrected chi connectivity index (χ3v) is 3.67. The number of hydrogen-bond acceptors (Lipinski definition) is 4. The van der Waals surface area contributed by atoms with Crippen molar-refractivity contribution >= 4 is 11.3 Å². The highest BCUT2D eigenvalue weighted by Gasteiger charge is 1.99. The van der Waals surface area contributed by atoms with Crippen LogP contribution in [-0.4, -0.2) is 21.5 Å². The maximum absolute atomic E-state index is 4.34. The summed E-state index contributed by atoms with van der Waals surface area (Å²) in [6.07, 6.45) is 8.78. The van der Waals surface area contributed by atoms with Crippen LogP contribution >= 0.6 is 11.3 Å². The molecule has 0 unspecified atom stereocenters. The van der Waals surface area contributed by atoms with Crippen molar-refractivity contribution in [3.63, 3.8) is 0 Å². The summed E-state index contributed by atoms with van der Waals surface area (Å²) in [5, 5.41) is 4.65. The highest BCUT2D eigenvalue weighted by molar-refractivity contribution is 7.11. The van der Waals surface area contributed by atoms with E-state index in [4.69, 9.17) is 0 Å². The van der Waals surface area contributed by atoms with E-state index in [9.17, 15) is 0 Å². The van der Waals surface area contributed by atoms with Gasteiger partial charge in [0.25, 0.3) is 0 Å². The molecule has 2 rings (SSSR count). The van der Waals surface area contributed by atoms with Crippen LogP contribution < -0.4 is 5.32 Å². The number of hydrogen-bond donors (Lipinski definition) is 2. The largest absolute Gasteiger partial charge is 0.349 e. The predicted molar refractivity (Wildman–Crippen MR) is 70.1 cm³/mol. The van der Waals surface area contributed by atoms with Crippen LogP contribution in [0.1, 0.15) is 29.1 Å². The van der Waals surface area contributed by atoms with Crippen molar-refractivity contribution in [3.05, 3.63) is 34.3 Å². The summed E-state index contributed by atoms with van der Waals surface area (Å²) in [5.41, 5.74) is 0. The Hall–Kier alpha value is -1.20. The molecule has 0 amide bonds. The number of imidazole rings is 1. The maximum atomic E-state index is 4.34. The van der Waals surface area contributed by atoms with Crippen LogP contribution in [0.5, 0.6) is 0 Å². The Morgan fingerprint density at radius 1 is 1.41 bits per heavy atom. The molecule has 17 heavy (non-hydrogen) atoms. The van der Waals surface area contributed by atoms with E-state index in [1.807, 2.05) is 12.4 Å². The molecule has 0 spiro atoms. The van der Waals surface area contributed by atoms with Gasteiger partial charge in [0.15, 0.2) is 0 Å². The van der Waals surface area contributed by atoms with Gasteiger partial charge >= 0.3 is 0 Å². The molecule has 2 N–H and O–H groups in total. The SMILES string of the molecule is CCc1ncc(CNCCCc2ncc[nH]2)s1. The molecule has 2 aromatic rings. The topological polar surface area (TPSA) is 53.6 Å². The Balaban J connectivity index is 1.60. The van der Waals surface area contributed by atoms with Crippen LogP contribution in [0.25, 0.3) is 0 Å². The van der Waals surface area contributed by atoms with Crippen molar-refractivity contribution in [3.8, 4) is 0 Å². The van der Waals surface area contributed by atoms with E-state index >= 15 is 0 Å². The molecular weight excluding hydrogens is 232 g/mol. The van der Waals surface area contributed by atoms with E-state index in [2.05, 4.69) is 27.2 Å². The molecule has 0 fully saturated rings. The highest BCUT2D eigenvalue weighted by Crippen LogP contribution is 2.12. The zero-order valence-corrected chi connectivity index (χ0v) is 10.9. The van der Waals surface area contributed by atoms with Crippen molar-refractivity contribution in [1.29, 1.82) is 0 Å². The molecule has 0 radical (unpaired) electrons. The van der Waals surface area contributed by atoms with Crippen LogP contribution in [0.15, 0.2) is 18.6 Å². The Labute approximate surface area is 106 Å². The van der Waals surface area contributed by atoms with Crippen LogP contribution in [0, 0.1) is 0 Å². The summed E-state index contributed by atoms with van der Waals surface area (Å²) in [7, 11) is 0. The molecule has 92 valence electrons. The Kier molecular flexibility index (Phi) is 4.70. The van der Waals surface area contributed by atoms with Gasteiger partial charge in [-0.3, -0.25) is 0 Å². The lowest BCUT2D eigenvalue weighted by molar-refractivity contribution is 0.645. The number of nitrogens with one attached hydrogen (secondary N) is 2. The number of aromatic amines is 1. The molecular formula is C12H18N4S. The minimum atomic E-state index is 0.926. The fourth-order valence-corrected chi connectivity index (χ4v) is 2.45. The summed E-state index contributed by atoms with van der Waals surface area (Å²) in [6, 6.07) is 0. The third-order valence-electron chi connectivity index (χ3n) is 2.53. The van der Waals surface area contributed by atoms with E-state index in [1.165, 1.54) is 9.88 Å². The third kappa shape index (κ3) is 3.94. The van der Waals surface area contributed by atoms with Gasteiger partial charge in [-0.2, -0.15) is 0 Å². The van der Waals surface area contributed by atoms with Gasteiger partial charge in [-0.05, 0) is 19.4 Å². The number of thiazole rings is 1. The second-order valence-electron chi connectivity index (χ2n) is 3.89. The van der Waals surface area contributed by atoms with E-state index in [1.54, 1.807) is 17.5 Å². The first kappa shape index (κ1) is 12.3. The quantitative estimate of drug-likeness (QED) is 0.740. The molecule has 0 aliphatic heterocycles. The van der Waals surface area contributed by atoms with Gasteiger partial charge in [-0.1, -0.05) is 6.92 Å². The van der Waals surface area contributed by atoms with Crippen molar-refractivity contribution < 1.29 is 0 Å². The molecule has 0 aliphatic rings. The van der Waals surface area contributed by atoms with Gasteiger partial charge in [-0.15, -0.1) is 11.3 Å². The molecule has 0 atom stereocenters. The Morgan fingerprint density at radius 2 is 2.35 bits per heavy atom. The van der Waals surface area contributed by atoms with Crippen LogP contribution in [0.4, 0.5) is 0 Å². The molecule has 2 aromatic heterocycles. The number of rotatable bonds is 7. The minimum Gasteiger partial charge on any atom is -0.349 e. The number of nitrogens with zero attached hydrogens (tertiary/aromatic N) is 2. The van der Waals surface area contributed by atoms with E-state index in [-0.39, 0.29) is 0 Å². The molecule has 0 saturated heterocycles. The summed E-state index contributed by atoms with van der Waals surface area (Å²) in [4.78, 5) is 13.0. The highest BCUT2D eigenvalue weighted by atomic mass is 32.1. The second-order valence-corrected chi connectivity index (χ2v) is 5.09. The van der Waals surface area contributed by atoms with E-state index in [0.29, 0.717) is 0 Å². The monoisotopic (exact) mass is 250 g/mol. The molecule has 2 heterocycles. The van der Waals surface area contributed by atoms with Gasteiger partial charge in [0.05, 0.1) is 5.01 Å². The van der Waals surface area contributed by atoms with Gasteiger partial charge in [0.2, 0.25) is 0 Å². The van der Waals surface area contributed by atoms with Gasteiger partial charge in [0.1, 0.15) is 5.82 Å². The molecule has 0 saturated carbocycles. The van der Waals surface area contributed by atoms with Gasteiger partial charge in [-0.25, -0.2) is 9.97 Å².